The molecule has 1 heterocycles. The number of carbonyl (C=O) groups is 2. The fourth-order valence-corrected chi connectivity index (χ4v) is 3.90. The molecule has 0 radical (unpaired) electrons. The zero-order chi connectivity index (χ0) is 20.5. The van der Waals surface area contributed by atoms with Crippen molar-refractivity contribution in [3.63, 3.8) is 0 Å². The van der Waals surface area contributed by atoms with Crippen LogP contribution in [0.2, 0.25) is 0 Å². The van der Waals surface area contributed by atoms with Gasteiger partial charge in [-0.1, -0.05) is 43.2 Å². The molecule has 0 spiro atoms. The van der Waals surface area contributed by atoms with Gasteiger partial charge < -0.3 is 16.0 Å². The zero-order valence-electron chi connectivity index (χ0n) is 17.0. The fraction of sp³-hybridized carbons (Fsp3) is 0.417. The quantitative estimate of drug-likeness (QED) is 0.616. The van der Waals surface area contributed by atoms with Crippen molar-refractivity contribution in [1.82, 2.24) is 4.90 Å². The maximum atomic E-state index is 13.0. The van der Waals surface area contributed by atoms with Crippen molar-refractivity contribution in [1.29, 1.82) is 0 Å². The highest BCUT2D eigenvalue weighted by molar-refractivity contribution is 5.96. The van der Waals surface area contributed by atoms with Crippen LogP contribution in [0.3, 0.4) is 0 Å². The van der Waals surface area contributed by atoms with Crippen LogP contribution in [0.4, 0.5) is 5.69 Å². The molecule has 5 nitrogen and oxygen atoms in total. The van der Waals surface area contributed by atoms with Crippen LogP contribution in [0.1, 0.15) is 66.9 Å². The molecule has 0 saturated carbocycles. The average Bonchev–Trinajstić information content (AvgIpc) is 3.24. The summed E-state index contributed by atoms with van der Waals surface area (Å²) in [6.07, 6.45) is 6.51. The summed E-state index contributed by atoms with van der Waals surface area (Å²) in [5, 5.41) is 2.91. The molecule has 1 atom stereocenters. The molecule has 1 unspecified atom stereocenters. The van der Waals surface area contributed by atoms with Gasteiger partial charge in [0, 0.05) is 24.2 Å². The molecule has 2 aromatic rings. The van der Waals surface area contributed by atoms with Gasteiger partial charge in [-0.25, -0.2) is 0 Å². The van der Waals surface area contributed by atoms with Gasteiger partial charge >= 0.3 is 0 Å². The number of nitrogens with one attached hydrogen (secondary N) is 1. The van der Waals surface area contributed by atoms with E-state index in [1.165, 1.54) is 5.56 Å². The summed E-state index contributed by atoms with van der Waals surface area (Å²) < 4.78 is 0. The first-order valence-electron chi connectivity index (χ1n) is 10.6. The number of carbonyl (C=O) groups excluding carboxylic acids is 2. The number of nitrogens with zero attached hydrogens (tertiary/aromatic N) is 1. The Bertz CT molecular complexity index is 790. The predicted octanol–water partition coefficient (Wildman–Crippen LogP) is 4.51. The highest BCUT2D eigenvalue weighted by atomic mass is 16.2. The van der Waals surface area contributed by atoms with Crippen molar-refractivity contribution >= 4 is 17.5 Å². The molecule has 154 valence electrons. The van der Waals surface area contributed by atoms with E-state index in [1.54, 1.807) is 12.1 Å². The third-order valence-corrected chi connectivity index (χ3v) is 5.47. The fourth-order valence-electron chi connectivity index (χ4n) is 3.90. The summed E-state index contributed by atoms with van der Waals surface area (Å²) in [7, 11) is 0. The van der Waals surface area contributed by atoms with Gasteiger partial charge in [-0.15, -0.1) is 0 Å². The van der Waals surface area contributed by atoms with Gasteiger partial charge in [0.2, 0.25) is 5.91 Å². The van der Waals surface area contributed by atoms with Crippen LogP contribution >= 0.6 is 0 Å². The number of amides is 2. The summed E-state index contributed by atoms with van der Waals surface area (Å²) in [4.78, 5) is 27.0. The maximum Gasteiger partial charge on any atom is 0.254 e. The molecule has 1 aliphatic rings. The van der Waals surface area contributed by atoms with Crippen LogP contribution in [0.25, 0.3) is 0 Å². The summed E-state index contributed by atoms with van der Waals surface area (Å²) in [5.41, 5.74) is 8.06. The van der Waals surface area contributed by atoms with Crippen LogP contribution in [0.5, 0.6) is 0 Å². The third-order valence-electron chi connectivity index (χ3n) is 5.47. The van der Waals surface area contributed by atoms with Crippen LogP contribution in [0.15, 0.2) is 54.6 Å². The third kappa shape index (κ3) is 5.91. The van der Waals surface area contributed by atoms with E-state index in [2.05, 4.69) is 17.4 Å². The Labute approximate surface area is 173 Å². The van der Waals surface area contributed by atoms with Crippen molar-refractivity contribution < 1.29 is 9.59 Å². The van der Waals surface area contributed by atoms with Crippen LogP contribution in [-0.4, -0.2) is 29.8 Å². The number of hydrogen-bond acceptors (Lipinski definition) is 3. The van der Waals surface area contributed by atoms with E-state index in [4.69, 9.17) is 5.73 Å². The van der Waals surface area contributed by atoms with Gasteiger partial charge in [-0.2, -0.15) is 0 Å². The van der Waals surface area contributed by atoms with Crippen LogP contribution in [-0.2, 0) is 4.79 Å². The summed E-state index contributed by atoms with van der Waals surface area (Å²) in [5.74, 6) is 0.0645. The molecule has 0 aromatic heterocycles. The molecule has 29 heavy (non-hydrogen) atoms. The van der Waals surface area contributed by atoms with Gasteiger partial charge in [0.25, 0.3) is 5.91 Å². The van der Waals surface area contributed by atoms with Gasteiger partial charge in [0.05, 0.1) is 6.04 Å². The van der Waals surface area contributed by atoms with Crippen LogP contribution < -0.4 is 11.1 Å². The van der Waals surface area contributed by atoms with E-state index < -0.39 is 0 Å². The number of anilines is 1. The van der Waals surface area contributed by atoms with E-state index >= 15 is 0 Å². The predicted molar refractivity (Wildman–Crippen MR) is 117 cm³/mol. The Balaban J connectivity index is 1.54. The Morgan fingerprint density at radius 2 is 1.69 bits per heavy atom. The normalized spacial score (nSPS) is 16.0. The first-order valence-corrected chi connectivity index (χ1v) is 10.6. The van der Waals surface area contributed by atoms with Gasteiger partial charge in [0.1, 0.15) is 0 Å². The minimum atomic E-state index is 0.0144. The molecule has 1 saturated heterocycles. The number of hydrogen-bond donors (Lipinski definition) is 2. The monoisotopic (exact) mass is 393 g/mol. The molecule has 1 fully saturated rings. The SMILES string of the molecule is NCCCCCCC(=O)Nc1ccc(C(=O)N2CCCC2c2ccccc2)cc1. The lowest BCUT2D eigenvalue weighted by Gasteiger charge is -2.25. The molecular formula is C24H31N3O2. The molecule has 2 aromatic carbocycles. The second-order valence-electron chi connectivity index (χ2n) is 7.65. The summed E-state index contributed by atoms with van der Waals surface area (Å²) in [6.45, 7) is 1.49. The first kappa shape index (κ1) is 21.1. The van der Waals surface area contributed by atoms with Crippen molar-refractivity contribution in [2.75, 3.05) is 18.4 Å². The molecule has 0 aliphatic carbocycles. The van der Waals surface area contributed by atoms with Crippen LogP contribution in [0, 0.1) is 0 Å². The largest absolute Gasteiger partial charge is 0.332 e. The van der Waals surface area contributed by atoms with E-state index in [9.17, 15) is 9.59 Å². The molecule has 3 rings (SSSR count). The Kier molecular flexibility index (Phi) is 7.82. The van der Waals surface area contributed by atoms with Gasteiger partial charge in [-0.05, 0) is 62.1 Å². The van der Waals surface area contributed by atoms with E-state index in [0.717, 1.165) is 50.8 Å². The minimum Gasteiger partial charge on any atom is -0.332 e. The molecule has 3 N–H and O–H groups in total. The van der Waals surface area contributed by atoms with Gasteiger partial charge in [-0.3, -0.25) is 9.59 Å². The number of benzene rings is 2. The smallest absolute Gasteiger partial charge is 0.254 e. The zero-order valence-corrected chi connectivity index (χ0v) is 17.0. The standard InChI is InChI=1S/C24H31N3O2/c25-17-7-2-1-6-12-23(28)26-21-15-13-20(14-16-21)24(29)27-18-8-11-22(27)19-9-4-3-5-10-19/h3-5,9-10,13-16,22H,1-2,6-8,11-12,17-18,25H2,(H,26,28). The minimum absolute atomic E-state index is 0.0144. The number of rotatable bonds is 9. The average molecular weight is 394 g/mol. The molecule has 0 bridgehead atoms. The molecular weight excluding hydrogens is 362 g/mol. The summed E-state index contributed by atoms with van der Waals surface area (Å²) >= 11 is 0. The Morgan fingerprint density at radius 3 is 2.41 bits per heavy atom. The molecule has 2 amide bonds. The lowest BCUT2D eigenvalue weighted by atomic mass is 10.0. The van der Waals surface area contributed by atoms with E-state index in [0.29, 0.717) is 18.5 Å². The maximum absolute atomic E-state index is 13.0. The van der Waals surface area contributed by atoms with Crippen molar-refractivity contribution in [3.8, 4) is 0 Å². The second-order valence-corrected chi connectivity index (χ2v) is 7.65. The lowest BCUT2D eigenvalue weighted by Crippen LogP contribution is -2.30. The highest BCUT2D eigenvalue weighted by Crippen LogP contribution is 2.33. The molecule has 1 aliphatic heterocycles. The lowest BCUT2D eigenvalue weighted by molar-refractivity contribution is -0.116. The highest BCUT2D eigenvalue weighted by Gasteiger charge is 2.30. The van der Waals surface area contributed by atoms with Gasteiger partial charge in [0.15, 0.2) is 0 Å². The topological polar surface area (TPSA) is 75.4 Å². The van der Waals surface area contributed by atoms with Crippen molar-refractivity contribution in [2.45, 2.75) is 51.0 Å². The number of likely N-dealkylation sites (tertiary alicyclic amines) is 1. The Hall–Kier alpha value is -2.66. The van der Waals surface area contributed by atoms with Crippen molar-refractivity contribution in [2.24, 2.45) is 5.73 Å². The van der Waals surface area contributed by atoms with E-state index in [-0.39, 0.29) is 17.9 Å². The molecule has 5 heteroatoms. The Morgan fingerprint density at radius 1 is 0.966 bits per heavy atom. The summed E-state index contributed by atoms with van der Waals surface area (Å²) in [6, 6.07) is 17.6. The van der Waals surface area contributed by atoms with Crippen molar-refractivity contribution in [3.05, 3.63) is 65.7 Å². The first-order chi connectivity index (χ1) is 14.2. The number of unbranched alkanes of at least 4 members (excludes halogenated alkanes) is 3. The number of nitrogens with two attached hydrogens (primary N) is 1. The van der Waals surface area contributed by atoms with E-state index in [1.807, 2.05) is 35.2 Å². The second kappa shape index (κ2) is 10.8.